The summed E-state index contributed by atoms with van der Waals surface area (Å²) in [6.07, 6.45) is 92.6. The van der Waals surface area contributed by atoms with Crippen molar-refractivity contribution in [1.29, 1.82) is 0 Å². The summed E-state index contributed by atoms with van der Waals surface area (Å²) in [6, 6.07) is -0.949. The molecule has 2 fully saturated rings. The molecule has 2 saturated heterocycles. The predicted molar refractivity (Wildman–Crippen MR) is 438 cm³/mol. The summed E-state index contributed by atoms with van der Waals surface area (Å²) in [7, 11) is 0. The van der Waals surface area contributed by atoms with E-state index in [1.54, 1.807) is 6.08 Å². The number of unbranched alkanes of at least 4 members (excludes halogenated alkanes) is 38. The van der Waals surface area contributed by atoms with Gasteiger partial charge in [0.1, 0.15) is 48.8 Å². The quantitative estimate of drug-likeness (QED) is 0.0204. The van der Waals surface area contributed by atoms with Crippen LogP contribution < -0.4 is 5.32 Å². The SMILES string of the molecule is CC/C=C\C/C=C\C/C=C\C/C=C\C/C=C\C/C=C\C/C=C\C/C=C\CCCCCCCCCCCCCCCCC(=O)NC(COC1OC(CO)C(OC2OC(CO)C(O)C(O)C2O)C(O)C1O)C(O)/C=C/CC/C=C/CC/C=C/CCCCCCCCCCCCCCCCCCCCCCCC. The predicted octanol–water partition coefficient (Wildman–Crippen LogP) is 20.5. The Labute approximate surface area is 641 Å². The van der Waals surface area contributed by atoms with Crippen LogP contribution in [0.15, 0.2) is 134 Å². The van der Waals surface area contributed by atoms with Crippen molar-refractivity contribution in [2.75, 3.05) is 19.8 Å². The number of aliphatic hydroxyl groups excluding tert-OH is 8. The first-order valence-corrected chi connectivity index (χ1v) is 42.9. The molecule has 0 bridgehead atoms. The van der Waals surface area contributed by atoms with Gasteiger partial charge in [0.25, 0.3) is 0 Å². The van der Waals surface area contributed by atoms with E-state index in [0.29, 0.717) is 12.8 Å². The Morgan fingerprint density at radius 3 is 1.05 bits per heavy atom. The van der Waals surface area contributed by atoms with Crippen molar-refractivity contribution in [3.05, 3.63) is 134 Å². The van der Waals surface area contributed by atoms with Gasteiger partial charge in [0.15, 0.2) is 12.6 Å². The van der Waals surface area contributed by atoms with Crippen molar-refractivity contribution in [3.8, 4) is 0 Å². The summed E-state index contributed by atoms with van der Waals surface area (Å²) in [5, 5.41) is 87.8. The van der Waals surface area contributed by atoms with Gasteiger partial charge in [-0.15, -0.1) is 0 Å². The van der Waals surface area contributed by atoms with Crippen LogP contribution in [0.1, 0.15) is 341 Å². The van der Waals surface area contributed by atoms with Crippen molar-refractivity contribution in [1.82, 2.24) is 5.32 Å². The van der Waals surface area contributed by atoms with E-state index in [0.717, 1.165) is 103 Å². The first kappa shape index (κ1) is 97.2. The highest BCUT2D eigenvalue weighted by Gasteiger charge is 2.51. The lowest BCUT2D eigenvalue weighted by Crippen LogP contribution is -2.65. The van der Waals surface area contributed by atoms with E-state index >= 15 is 0 Å². The van der Waals surface area contributed by atoms with Gasteiger partial charge in [0.2, 0.25) is 5.91 Å². The molecule has 12 atom stereocenters. The maximum absolute atomic E-state index is 13.4. The first-order chi connectivity index (χ1) is 51.6. The molecule has 0 aromatic rings. The maximum Gasteiger partial charge on any atom is 0.220 e. The van der Waals surface area contributed by atoms with Crippen molar-refractivity contribution in [3.63, 3.8) is 0 Å². The molecule has 0 saturated carbocycles. The Morgan fingerprint density at radius 1 is 0.352 bits per heavy atom. The van der Waals surface area contributed by atoms with E-state index in [1.807, 2.05) is 6.08 Å². The summed E-state index contributed by atoms with van der Waals surface area (Å²) < 4.78 is 22.9. The lowest BCUT2D eigenvalue weighted by Gasteiger charge is -2.46. The fraction of sp³-hybridized carbons (Fsp3) is 0.747. The monoisotopic (exact) mass is 1470 g/mol. The van der Waals surface area contributed by atoms with E-state index in [-0.39, 0.29) is 18.9 Å². The average molecular weight is 1470 g/mol. The molecule has 0 aliphatic carbocycles. The molecule has 12 unspecified atom stereocenters. The molecule has 14 heteroatoms. The van der Waals surface area contributed by atoms with Crippen molar-refractivity contribution in [2.24, 2.45) is 0 Å². The molecule has 0 radical (unpaired) electrons. The van der Waals surface area contributed by atoms with Crippen LogP contribution >= 0.6 is 0 Å². The molecule has 2 heterocycles. The number of carbonyl (C=O) groups is 1. The minimum absolute atomic E-state index is 0.255. The van der Waals surface area contributed by atoms with Gasteiger partial charge in [-0.3, -0.25) is 4.79 Å². The van der Waals surface area contributed by atoms with E-state index in [4.69, 9.17) is 18.9 Å². The van der Waals surface area contributed by atoms with Crippen LogP contribution in [0.3, 0.4) is 0 Å². The zero-order valence-corrected chi connectivity index (χ0v) is 66.4. The van der Waals surface area contributed by atoms with E-state index in [1.165, 1.54) is 205 Å². The van der Waals surface area contributed by atoms with Crippen LogP contribution in [-0.4, -0.2) is 140 Å². The molecule has 14 nitrogen and oxygen atoms in total. The normalized spacial score (nSPS) is 22.1. The Bertz CT molecular complexity index is 2290. The Kier molecular flexibility index (Phi) is 67.5. The Hall–Kier alpha value is -3.87. The molecule has 1 amide bonds. The summed E-state index contributed by atoms with van der Waals surface area (Å²) in [6.45, 7) is 2.70. The molecule has 2 aliphatic heterocycles. The Balaban J connectivity index is 1.62. The number of ether oxygens (including phenoxy) is 4. The zero-order valence-electron chi connectivity index (χ0n) is 66.4. The van der Waals surface area contributed by atoms with E-state index < -0.39 is 86.8 Å². The van der Waals surface area contributed by atoms with Crippen molar-refractivity contribution in [2.45, 2.75) is 415 Å². The highest BCUT2D eigenvalue weighted by Crippen LogP contribution is 2.30. The van der Waals surface area contributed by atoms with Gasteiger partial charge in [-0.1, -0.05) is 359 Å². The van der Waals surface area contributed by atoms with Gasteiger partial charge in [0, 0.05) is 6.42 Å². The number of amides is 1. The van der Waals surface area contributed by atoms with Gasteiger partial charge < -0.3 is 65.1 Å². The standard InChI is InChI=1S/C91H157NO13/c1-3-5-7-9-11-13-15-17-19-21-23-25-27-29-31-33-35-37-38-39-40-41-42-43-45-47-49-51-53-55-57-59-61-63-65-67-69-71-73-75-83(96)92-79(78-102-90-88(101)86(99)89(82(77-94)104-90)105-91-87(100)85(98)84(97)81(76-93)103-91)80(95)74-72-70-68-66-64-62-60-58-56-54-52-50-48-46-44-36-34-32-30-28-26-24-22-20-18-16-14-12-10-8-6-4-2/h5,7,11,13,17,19,23,25,29,31,35,37,39-40,42-43,56,58,64,66,72,74,79-82,84-91,93-95,97-101H,3-4,6,8-10,12,14-16,18,20-22,24,26-28,30,32-34,36,38,41,44-55,57,59-63,65,67-71,73,75-78H2,1-2H3,(H,92,96)/b7-5-,13-11-,19-17-,25-23-,31-29-,37-35-,40-39-,43-42-,58-56+,66-64+,74-72+. The highest BCUT2D eigenvalue weighted by atomic mass is 16.7. The van der Waals surface area contributed by atoms with Crippen LogP contribution in [0.5, 0.6) is 0 Å². The van der Waals surface area contributed by atoms with Crippen molar-refractivity contribution < 1.29 is 64.6 Å². The second kappa shape index (κ2) is 73.0. The number of aliphatic hydroxyl groups is 8. The lowest BCUT2D eigenvalue weighted by atomic mass is 9.97. The van der Waals surface area contributed by atoms with Crippen LogP contribution in [0.4, 0.5) is 0 Å². The molecule has 0 spiro atoms. The third kappa shape index (κ3) is 55.2. The van der Waals surface area contributed by atoms with Crippen LogP contribution in [-0.2, 0) is 23.7 Å². The molecule has 105 heavy (non-hydrogen) atoms. The smallest absolute Gasteiger partial charge is 0.220 e. The zero-order chi connectivity index (χ0) is 75.8. The Morgan fingerprint density at radius 2 is 0.667 bits per heavy atom. The maximum atomic E-state index is 13.4. The summed E-state index contributed by atoms with van der Waals surface area (Å²) in [4.78, 5) is 13.4. The fourth-order valence-corrected chi connectivity index (χ4v) is 13.3. The number of allylic oxidation sites excluding steroid dienone is 21. The fourth-order valence-electron chi connectivity index (χ4n) is 13.3. The molecule has 0 aromatic heterocycles. The largest absolute Gasteiger partial charge is 0.394 e. The number of hydrogen-bond acceptors (Lipinski definition) is 13. The first-order valence-electron chi connectivity index (χ1n) is 42.9. The number of carbonyl (C=O) groups excluding carboxylic acids is 1. The van der Waals surface area contributed by atoms with Crippen LogP contribution in [0.2, 0.25) is 0 Å². The minimum Gasteiger partial charge on any atom is -0.394 e. The van der Waals surface area contributed by atoms with Crippen molar-refractivity contribution >= 4 is 5.91 Å². The van der Waals surface area contributed by atoms with Gasteiger partial charge in [0.05, 0.1) is 32.0 Å². The third-order valence-electron chi connectivity index (χ3n) is 20.0. The highest BCUT2D eigenvalue weighted by molar-refractivity contribution is 5.76. The van der Waals surface area contributed by atoms with E-state index in [2.05, 4.69) is 141 Å². The molecular weight excluding hydrogens is 1310 g/mol. The van der Waals surface area contributed by atoms with Gasteiger partial charge >= 0.3 is 0 Å². The molecular formula is C91H157NO13. The second-order valence-electron chi connectivity index (χ2n) is 29.6. The second-order valence-corrected chi connectivity index (χ2v) is 29.6. The van der Waals surface area contributed by atoms with E-state index in [9.17, 15) is 45.6 Å². The van der Waals surface area contributed by atoms with Gasteiger partial charge in [-0.25, -0.2) is 0 Å². The number of rotatable bonds is 71. The summed E-state index contributed by atoms with van der Waals surface area (Å²) in [5.41, 5.74) is 0. The molecule has 0 aromatic carbocycles. The van der Waals surface area contributed by atoms with Gasteiger partial charge in [-0.05, 0) is 109 Å². The summed E-state index contributed by atoms with van der Waals surface area (Å²) >= 11 is 0. The lowest BCUT2D eigenvalue weighted by molar-refractivity contribution is -0.359. The minimum atomic E-state index is -1.80. The third-order valence-corrected chi connectivity index (χ3v) is 20.0. The average Bonchev–Trinajstić information content (AvgIpc) is 0.789. The summed E-state index contributed by atoms with van der Waals surface area (Å²) in [5.74, 6) is -0.255. The topological polar surface area (TPSA) is 228 Å². The van der Waals surface area contributed by atoms with Crippen LogP contribution in [0, 0.1) is 0 Å². The van der Waals surface area contributed by atoms with Crippen LogP contribution in [0.25, 0.3) is 0 Å². The number of nitrogens with one attached hydrogen (secondary N) is 1. The molecule has 2 rings (SSSR count). The van der Waals surface area contributed by atoms with Gasteiger partial charge in [-0.2, -0.15) is 0 Å². The molecule has 9 N–H and O–H groups in total. The molecule has 604 valence electrons. The number of hydrogen-bond donors (Lipinski definition) is 9. The molecule has 2 aliphatic rings.